The van der Waals surface area contributed by atoms with Crippen molar-refractivity contribution in [1.82, 2.24) is 0 Å². The van der Waals surface area contributed by atoms with Crippen LogP contribution in [-0.4, -0.2) is 0 Å². The number of anilines is 3. The molecule has 0 atom stereocenters. The second-order valence-electron chi connectivity index (χ2n) is 17.7. The van der Waals surface area contributed by atoms with Crippen molar-refractivity contribution < 1.29 is 0 Å². The number of rotatable bonds is 7. The van der Waals surface area contributed by atoms with Gasteiger partial charge in [-0.1, -0.05) is 164 Å². The van der Waals surface area contributed by atoms with Gasteiger partial charge in [0.15, 0.2) is 0 Å². The van der Waals surface area contributed by atoms with E-state index in [0.717, 1.165) is 40.7 Å². The van der Waals surface area contributed by atoms with E-state index in [1.165, 1.54) is 87.7 Å². The fourth-order valence-electron chi connectivity index (χ4n) is 12.4. The summed E-state index contributed by atoms with van der Waals surface area (Å²) in [5.74, 6) is 3.38. The zero-order valence-electron chi connectivity index (χ0n) is 33.3. The summed E-state index contributed by atoms with van der Waals surface area (Å²) in [6.45, 7) is 0. The van der Waals surface area contributed by atoms with Crippen LogP contribution in [0.25, 0.3) is 55.6 Å². The first-order chi connectivity index (χ1) is 29.2. The Balaban J connectivity index is 0.881. The Labute approximate surface area is 348 Å². The summed E-state index contributed by atoms with van der Waals surface area (Å²) < 4.78 is 0. The monoisotopic (exact) mass is 757 g/mol. The molecule has 0 radical (unpaired) electrons. The third kappa shape index (κ3) is 5.59. The first kappa shape index (κ1) is 34.6. The lowest BCUT2D eigenvalue weighted by Gasteiger charge is -2.61. The van der Waals surface area contributed by atoms with Crippen molar-refractivity contribution in [3.05, 3.63) is 211 Å². The molecular weight excluding hydrogens is 711 g/mol. The van der Waals surface area contributed by atoms with Crippen LogP contribution in [0.4, 0.5) is 17.1 Å². The lowest BCUT2D eigenvalue weighted by molar-refractivity contribution is -0.0397. The molecule has 4 fully saturated rings. The van der Waals surface area contributed by atoms with Crippen LogP contribution < -0.4 is 4.90 Å². The van der Waals surface area contributed by atoms with Gasteiger partial charge in [0.1, 0.15) is 0 Å². The number of fused-ring (bicyclic) bond motifs is 3. The summed E-state index contributed by atoms with van der Waals surface area (Å²) in [7, 11) is 0. The Morgan fingerprint density at radius 1 is 0.305 bits per heavy atom. The van der Waals surface area contributed by atoms with E-state index in [9.17, 15) is 0 Å². The standard InChI is InChI=1S/C58H47N/c1-3-10-41(11-4-1)44-22-28-50(29-23-44)59(51-30-24-45(25-31-51)42-12-5-2-6-13-42)52-32-26-46(27-33-52)43-18-20-47(21-19-43)53-15-9-16-55-54-14-7-8-17-56(54)58(57(53)55)48-35-39-34-40(37-48)38-49(58)36-39/h1-33,39-40,48-49H,34-38H2. The lowest BCUT2D eigenvalue weighted by atomic mass is 9.42. The Morgan fingerprint density at radius 2 is 0.678 bits per heavy atom. The van der Waals surface area contributed by atoms with E-state index in [2.05, 4.69) is 205 Å². The van der Waals surface area contributed by atoms with Gasteiger partial charge in [0.25, 0.3) is 0 Å². The molecule has 1 nitrogen and oxygen atoms in total. The lowest BCUT2D eigenvalue weighted by Crippen LogP contribution is -2.55. The van der Waals surface area contributed by atoms with Gasteiger partial charge in [0.05, 0.1) is 0 Å². The number of hydrogen-bond acceptors (Lipinski definition) is 1. The van der Waals surface area contributed by atoms with Crippen LogP contribution in [0.3, 0.4) is 0 Å². The van der Waals surface area contributed by atoms with E-state index in [-0.39, 0.29) is 5.41 Å². The Kier molecular flexibility index (Phi) is 8.12. The topological polar surface area (TPSA) is 3.24 Å². The molecule has 0 N–H and O–H groups in total. The molecule has 13 rings (SSSR count). The van der Waals surface area contributed by atoms with Gasteiger partial charge in [-0.3, -0.25) is 0 Å². The predicted octanol–water partition coefficient (Wildman–Crippen LogP) is 15.5. The summed E-state index contributed by atoms with van der Waals surface area (Å²) in [5.41, 5.74) is 19.9. The molecule has 0 amide bonds. The highest BCUT2D eigenvalue weighted by Gasteiger charge is 2.62. The number of hydrogen-bond donors (Lipinski definition) is 0. The van der Waals surface area contributed by atoms with Crippen molar-refractivity contribution in [2.75, 3.05) is 4.90 Å². The second-order valence-corrected chi connectivity index (χ2v) is 17.7. The van der Waals surface area contributed by atoms with Gasteiger partial charge in [-0.15, -0.1) is 0 Å². The Morgan fingerprint density at radius 3 is 1.17 bits per heavy atom. The molecule has 5 aliphatic carbocycles. The fraction of sp³-hybridized carbons (Fsp3) is 0.172. The van der Waals surface area contributed by atoms with Crippen molar-refractivity contribution >= 4 is 17.1 Å². The van der Waals surface area contributed by atoms with E-state index in [1.807, 2.05) is 0 Å². The molecule has 0 aromatic heterocycles. The van der Waals surface area contributed by atoms with Crippen LogP contribution in [0.2, 0.25) is 0 Å². The highest BCUT2D eigenvalue weighted by Crippen LogP contribution is 2.70. The van der Waals surface area contributed by atoms with Crippen LogP contribution in [-0.2, 0) is 5.41 Å². The fourth-order valence-corrected chi connectivity index (χ4v) is 12.4. The number of benzene rings is 8. The molecule has 0 unspecified atom stereocenters. The quantitative estimate of drug-likeness (QED) is 0.156. The number of nitrogens with zero attached hydrogens (tertiary/aromatic N) is 1. The van der Waals surface area contributed by atoms with Gasteiger partial charge < -0.3 is 4.90 Å². The third-order valence-electron chi connectivity index (χ3n) is 14.7. The molecule has 59 heavy (non-hydrogen) atoms. The average Bonchev–Trinajstić information content (AvgIpc) is 3.60. The average molecular weight is 758 g/mol. The second kappa shape index (κ2) is 13.8. The largest absolute Gasteiger partial charge is 0.311 e. The molecule has 0 aliphatic heterocycles. The molecule has 0 heterocycles. The van der Waals surface area contributed by atoms with E-state index in [0.29, 0.717) is 0 Å². The van der Waals surface area contributed by atoms with Crippen molar-refractivity contribution in [3.63, 3.8) is 0 Å². The van der Waals surface area contributed by atoms with Gasteiger partial charge in [-0.05, 0) is 159 Å². The maximum Gasteiger partial charge on any atom is 0.0462 e. The van der Waals surface area contributed by atoms with Crippen molar-refractivity contribution in [1.29, 1.82) is 0 Å². The van der Waals surface area contributed by atoms with Gasteiger partial charge in [0, 0.05) is 22.5 Å². The molecular formula is C58H47N. The van der Waals surface area contributed by atoms with Crippen molar-refractivity contribution in [2.24, 2.45) is 23.7 Å². The maximum atomic E-state index is 2.49. The molecule has 4 saturated carbocycles. The molecule has 0 saturated heterocycles. The van der Waals surface area contributed by atoms with Crippen LogP contribution in [0.5, 0.6) is 0 Å². The molecule has 8 aromatic carbocycles. The summed E-state index contributed by atoms with van der Waals surface area (Å²) >= 11 is 0. The van der Waals surface area contributed by atoms with E-state index in [4.69, 9.17) is 0 Å². The van der Waals surface area contributed by atoms with Gasteiger partial charge in [-0.25, -0.2) is 0 Å². The summed E-state index contributed by atoms with van der Waals surface area (Å²) in [4.78, 5) is 2.37. The molecule has 1 spiro atoms. The van der Waals surface area contributed by atoms with Crippen LogP contribution in [0.1, 0.15) is 43.2 Å². The Hall–Kier alpha value is -6.44. The van der Waals surface area contributed by atoms with Crippen LogP contribution >= 0.6 is 0 Å². The molecule has 284 valence electrons. The molecule has 4 bridgehead atoms. The highest BCUT2D eigenvalue weighted by molar-refractivity contribution is 5.90. The molecule has 1 heteroatoms. The highest BCUT2D eigenvalue weighted by atomic mass is 15.1. The normalized spacial score (nSPS) is 22.0. The first-order valence-electron chi connectivity index (χ1n) is 21.8. The summed E-state index contributed by atoms with van der Waals surface area (Å²) in [6, 6.07) is 74.4. The maximum absolute atomic E-state index is 2.49. The van der Waals surface area contributed by atoms with Crippen LogP contribution in [0, 0.1) is 23.7 Å². The van der Waals surface area contributed by atoms with E-state index >= 15 is 0 Å². The minimum absolute atomic E-state index is 0.153. The van der Waals surface area contributed by atoms with Crippen molar-refractivity contribution in [2.45, 2.75) is 37.5 Å². The third-order valence-corrected chi connectivity index (χ3v) is 14.7. The van der Waals surface area contributed by atoms with E-state index < -0.39 is 0 Å². The van der Waals surface area contributed by atoms with Gasteiger partial charge >= 0.3 is 0 Å². The predicted molar refractivity (Wildman–Crippen MR) is 246 cm³/mol. The SMILES string of the molecule is c1ccc(-c2ccc(N(c3ccc(-c4ccccc4)cc3)c3ccc(-c4ccc(-c5cccc6c5C5(c7ccccc7-6)C6CC7CC(C6)CC5C7)cc4)cc3)cc2)cc1. The summed E-state index contributed by atoms with van der Waals surface area (Å²) in [6.07, 6.45) is 7.08. The Bertz CT molecular complexity index is 2670. The minimum atomic E-state index is 0.153. The minimum Gasteiger partial charge on any atom is -0.311 e. The first-order valence-corrected chi connectivity index (χ1v) is 21.8. The van der Waals surface area contributed by atoms with E-state index in [1.54, 1.807) is 11.1 Å². The molecule has 5 aliphatic rings. The van der Waals surface area contributed by atoms with Gasteiger partial charge in [0.2, 0.25) is 0 Å². The zero-order valence-corrected chi connectivity index (χ0v) is 33.3. The molecule has 8 aromatic rings. The zero-order chi connectivity index (χ0) is 38.9. The van der Waals surface area contributed by atoms with Gasteiger partial charge in [-0.2, -0.15) is 0 Å². The van der Waals surface area contributed by atoms with Crippen molar-refractivity contribution in [3.8, 4) is 55.6 Å². The van der Waals surface area contributed by atoms with Crippen LogP contribution in [0.15, 0.2) is 200 Å². The smallest absolute Gasteiger partial charge is 0.0462 e. The summed E-state index contributed by atoms with van der Waals surface area (Å²) in [5, 5.41) is 0.